The first-order valence-electron chi connectivity index (χ1n) is 23.8. The van der Waals surface area contributed by atoms with E-state index in [2.05, 4.69) is 81.5 Å². The first-order valence-corrected chi connectivity index (χ1v) is 23.8. The lowest BCUT2D eigenvalue weighted by Gasteiger charge is -2.18. The van der Waals surface area contributed by atoms with Gasteiger partial charge in [-0.25, -0.2) is 0 Å². The van der Waals surface area contributed by atoms with Crippen molar-refractivity contribution in [1.82, 2.24) is 0 Å². The second kappa shape index (κ2) is 47.0. The van der Waals surface area contributed by atoms with E-state index in [-0.39, 0.29) is 37.5 Å². The average Bonchev–Trinajstić information content (AvgIpc) is 3.23. The van der Waals surface area contributed by atoms with Crippen molar-refractivity contribution in [3.8, 4) is 0 Å². The largest absolute Gasteiger partial charge is 0.462 e. The fraction of sp³-hybridized carbons (Fsp3) is 0.642. The van der Waals surface area contributed by atoms with Gasteiger partial charge < -0.3 is 14.2 Å². The van der Waals surface area contributed by atoms with Crippen molar-refractivity contribution >= 4 is 17.9 Å². The van der Waals surface area contributed by atoms with E-state index in [1.165, 1.54) is 44.9 Å². The van der Waals surface area contributed by atoms with Gasteiger partial charge in [0.1, 0.15) is 13.2 Å². The van der Waals surface area contributed by atoms with E-state index < -0.39 is 6.10 Å². The Morgan fingerprint density at radius 3 is 1.15 bits per heavy atom. The fourth-order valence-electron chi connectivity index (χ4n) is 6.08. The van der Waals surface area contributed by atoms with Crippen molar-refractivity contribution in [2.45, 2.75) is 207 Å². The number of hydrogen-bond acceptors (Lipinski definition) is 6. The molecule has 0 N–H and O–H groups in total. The third-order valence-electron chi connectivity index (χ3n) is 9.70. The standard InChI is InChI=1S/C53H86O6/c1-4-7-10-13-16-19-22-24-25-26-27-28-30-31-34-37-40-43-46-52(55)58-49-50(48-57-51(54)45-42-39-36-33-21-18-15-12-9-6-3)59-53(56)47-44-41-38-35-32-29-23-20-17-14-11-8-5-2/h8,11,14-15,17-18,20,22-29,32,50H,4-7,9-10,12-13,16,19,21,30-31,33-49H2,1-3H3/b11-8-,17-14-,18-15-,23-20-,24-22-,26-25-,28-27-,32-29-. The van der Waals surface area contributed by atoms with E-state index in [0.29, 0.717) is 19.3 Å². The molecule has 0 aliphatic rings. The van der Waals surface area contributed by atoms with Crippen molar-refractivity contribution in [3.63, 3.8) is 0 Å². The van der Waals surface area contributed by atoms with Crippen LogP contribution in [-0.2, 0) is 28.6 Å². The third-order valence-corrected chi connectivity index (χ3v) is 9.70. The molecule has 0 heterocycles. The molecule has 1 unspecified atom stereocenters. The number of unbranched alkanes of at least 4 members (excludes halogenated alkanes) is 19. The Balaban J connectivity index is 4.48. The van der Waals surface area contributed by atoms with Crippen LogP contribution in [0.2, 0.25) is 0 Å². The predicted octanol–water partition coefficient (Wildman–Crippen LogP) is 15.4. The Morgan fingerprint density at radius 1 is 0.356 bits per heavy atom. The highest BCUT2D eigenvalue weighted by Crippen LogP contribution is 2.12. The van der Waals surface area contributed by atoms with E-state index in [0.717, 1.165) is 109 Å². The maximum Gasteiger partial charge on any atom is 0.306 e. The molecule has 0 saturated carbocycles. The Bertz CT molecular complexity index is 1220. The van der Waals surface area contributed by atoms with Crippen LogP contribution in [-0.4, -0.2) is 37.2 Å². The molecule has 0 radical (unpaired) electrons. The summed E-state index contributed by atoms with van der Waals surface area (Å²) in [4.78, 5) is 37.8. The maximum atomic E-state index is 12.7. The smallest absolute Gasteiger partial charge is 0.306 e. The summed E-state index contributed by atoms with van der Waals surface area (Å²) in [5.74, 6) is -0.989. The van der Waals surface area contributed by atoms with E-state index in [9.17, 15) is 14.4 Å². The van der Waals surface area contributed by atoms with Gasteiger partial charge in [-0.3, -0.25) is 14.4 Å². The molecule has 0 amide bonds. The third kappa shape index (κ3) is 45.3. The topological polar surface area (TPSA) is 78.9 Å². The summed E-state index contributed by atoms with van der Waals surface area (Å²) >= 11 is 0. The minimum Gasteiger partial charge on any atom is -0.462 e. The molecule has 0 aromatic heterocycles. The molecule has 0 fully saturated rings. The van der Waals surface area contributed by atoms with Crippen molar-refractivity contribution in [3.05, 3.63) is 97.2 Å². The molecule has 1 atom stereocenters. The number of ether oxygens (including phenoxy) is 3. The Kier molecular flexibility index (Phi) is 44.1. The molecule has 0 aromatic rings. The molecular weight excluding hydrogens is 733 g/mol. The van der Waals surface area contributed by atoms with Crippen LogP contribution in [0.25, 0.3) is 0 Å². The van der Waals surface area contributed by atoms with Crippen molar-refractivity contribution in [1.29, 1.82) is 0 Å². The summed E-state index contributed by atoms with van der Waals surface area (Å²) < 4.78 is 16.7. The summed E-state index contributed by atoms with van der Waals surface area (Å²) in [7, 11) is 0. The highest BCUT2D eigenvalue weighted by atomic mass is 16.6. The molecule has 59 heavy (non-hydrogen) atoms. The van der Waals surface area contributed by atoms with Crippen molar-refractivity contribution in [2.75, 3.05) is 13.2 Å². The summed E-state index contributed by atoms with van der Waals surface area (Å²) in [6, 6.07) is 0. The zero-order valence-corrected chi connectivity index (χ0v) is 38.0. The van der Waals surface area contributed by atoms with Crippen LogP contribution in [0.4, 0.5) is 0 Å². The van der Waals surface area contributed by atoms with Crippen LogP contribution in [0.1, 0.15) is 201 Å². The number of esters is 3. The van der Waals surface area contributed by atoms with Gasteiger partial charge in [0, 0.05) is 19.3 Å². The quantitative estimate of drug-likeness (QED) is 0.0201. The Labute approximate surface area is 362 Å². The van der Waals surface area contributed by atoms with Crippen LogP contribution in [0.3, 0.4) is 0 Å². The summed E-state index contributed by atoms with van der Waals surface area (Å²) in [6.45, 7) is 6.35. The molecule has 0 rings (SSSR count). The highest BCUT2D eigenvalue weighted by molar-refractivity contribution is 5.71. The Morgan fingerprint density at radius 2 is 0.695 bits per heavy atom. The lowest BCUT2D eigenvalue weighted by molar-refractivity contribution is -0.167. The summed E-state index contributed by atoms with van der Waals surface area (Å²) in [6.07, 6.45) is 61.0. The zero-order chi connectivity index (χ0) is 43.0. The molecular formula is C53H86O6. The van der Waals surface area contributed by atoms with Gasteiger partial charge >= 0.3 is 17.9 Å². The minimum atomic E-state index is -0.810. The van der Waals surface area contributed by atoms with E-state index in [4.69, 9.17) is 14.2 Å². The zero-order valence-electron chi connectivity index (χ0n) is 38.0. The van der Waals surface area contributed by atoms with Gasteiger partial charge in [0.15, 0.2) is 6.10 Å². The highest BCUT2D eigenvalue weighted by Gasteiger charge is 2.19. The first kappa shape index (κ1) is 55.3. The summed E-state index contributed by atoms with van der Waals surface area (Å²) in [5.41, 5.74) is 0. The SMILES string of the molecule is CC\C=C/C=C\C=C/C=C\CCCCCC(=O)OC(COC(=O)CCCCCC/C=C\CCCC)COC(=O)CCCCCCC\C=C/C=C\C=C/CCCCCCC. The van der Waals surface area contributed by atoms with Gasteiger partial charge in [-0.2, -0.15) is 0 Å². The molecule has 0 aromatic carbocycles. The predicted molar refractivity (Wildman–Crippen MR) is 251 cm³/mol. The van der Waals surface area contributed by atoms with E-state index in [1.54, 1.807) is 0 Å². The Hall–Kier alpha value is -3.67. The monoisotopic (exact) mass is 819 g/mol. The second-order valence-corrected chi connectivity index (χ2v) is 15.4. The molecule has 0 spiro atoms. The normalized spacial score (nSPS) is 12.9. The maximum absolute atomic E-state index is 12.7. The van der Waals surface area contributed by atoms with Crippen LogP contribution in [0, 0.1) is 0 Å². The lowest BCUT2D eigenvalue weighted by atomic mass is 10.1. The number of carbonyl (C=O) groups is 3. The minimum absolute atomic E-state index is 0.108. The van der Waals surface area contributed by atoms with E-state index in [1.807, 2.05) is 36.5 Å². The van der Waals surface area contributed by atoms with Gasteiger partial charge in [-0.1, -0.05) is 195 Å². The molecule has 6 heteroatoms. The van der Waals surface area contributed by atoms with Gasteiger partial charge in [0.05, 0.1) is 0 Å². The van der Waals surface area contributed by atoms with Crippen LogP contribution < -0.4 is 0 Å². The molecule has 0 aliphatic heterocycles. The lowest BCUT2D eigenvalue weighted by Crippen LogP contribution is -2.30. The first-order chi connectivity index (χ1) is 29.0. The molecule has 0 bridgehead atoms. The van der Waals surface area contributed by atoms with Crippen LogP contribution in [0.15, 0.2) is 97.2 Å². The van der Waals surface area contributed by atoms with Gasteiger partial charge in [0.25, 0.3) is 0 Å². The number of hydrogen-bond donors (Lipinski definition) is 0. The average molecular weight is 819 g/mol. The van der Waals surface area contributed by atoms with Crippen LogP contribution in [0.5, 0.6) is 0 Å². The second-order valence-electron chi connectivity index (χ2n) is 15.4. The van der Waals surface area contributed by atoms with Gasteiger partial charge in [-0.15, -0.1) is 0 Å². The van der Waals surface area contributed by atoms with Gasteiger partial charge in [-0.05, 0) is 83.5 Å². The molecule has 334 valence electrons. The van der Waals surface area contributed by atoms with E-state index >= 15 is 0 Å². The number of rotatable bonds is 41. The van der Waals surface area contributed by atoms with Gasteiger partial charge in [0.2, 0.25) is 0 Å². The van der Waals surface area contributed by atoms with Crippen LogP contribution >= 0.6 is 0 Å². The van der Waals surface area contributed by atoms with Crippen molar-refractivity contribution in [2.24, 2.45) is 0 Å². The molecule has 6 nitrogen and oxygen atoms in total. The molecule has 0 aliphatic carbocycles. The fourth-order valence-corrected chi connectivity index (χ4v) is 6.08. The molecule has 0 saturated heterocycles. The number of allylic oxidation sites excluding steroid dienone is 16. The van der Waals surface area contributed by atoms with Crippen molar-refractivity contribution < 1.29 is 28.6 Å². The number of carbonyl (C=O) groups excluding carboxylic acids is 3. The summed E-state index contributed by atoms with van der Waals surface area (Å²) in [5, 5.41) is 0.